The molecule has 0 aliphatic carbocycles. The van der Waals surface area contributed by atoms with E-state index in [9.17, 15) is 0 Å². The molecule has 8 heteroatoms. The minimum atomic E-state index is 0.0942. The SMILES string of the molecule is COc1ccc(-c2noc(COc3cc(Cl)cc(Cl)c3)n2)cc1OC. The lowest BCUT2D eigenvalue weighted by molar-refractivity contribution is 0.243. The third kappa shape index (κ3) is 4.15. The molecule has 130 valence electrons. The molecule has 25 heavy (non-hydrogen) atoms. The van der Waals surface area contributed by atoms with E-state index in [1.165, 1.54) is 0 Å². The number of ether oxygens (including phenoxy) is 3. The van der Waals surface area contributed by atoms with Crippen LogP contribution in [0.4, 0.5) is 0 Å². The molecule has 0 fully saturated rings. The van der Waals surface area contributed by atoms with Crippen molar-refractivity contribution in [3.8, 4) is 28.6 Å². The van der Waals surface area contributed by atoms with E-state index < -0.39 is 0 Å². The normalized spacial score (nSPS) is 10.6. The van der Waals surface area contributed by atoms with Gasteiger partial charge in [0.25, 0.3) is 5.89 Å². The number of halogens is 2. The zero-order valence-corrected chi connectivity index (χ0v) is 15.0. The van der Waals surface area contributed by atoms with Gasteiger partial charge in [0.15, 0.2) is 18.1 Å². The van der Waals surface area contributed by atoms with Crippen LogP contribution in [-0.4, -0.2) is 24.4 Å². The van der Waals surface area contributed by atoms with Crippen LogP contribution in [0.25, 0.3) is 11.4 Å². The van der Waals surface area contributed by atoms with Crippen LogP contribution in [0.5, 0.6) is 17.2 Å². The minimum absolute atomic E-state index is 0.0942. The molecule has 0 saturated heterocycles. The van der Waals surface area contributed by atoms with Crippen LogP contribution in [0.15, 0.2) is 40.9 Å². The molecule has 0 N–H and O–H groups in total. The molecular formula is C17H14Cl2N2O4. The molecule has 0 aliphatic heterocycles. The summed E-state index contributed by atoms with van der Waals surface area (Å²) in [6, 6.07) is 10.3. The first kappa shape index (κ1) is 17.4. The van der Waals surface area contributed by atoms with E-state index in [-0.39, 0.29) is 6.61 Å². The maximum Gasteiger partial charge on any atom is 0.264 e. The Hall–Kier alpha value is -2.44. The van der Waals surface area contributed by atoms with E-state index in [0.717, 1.165) is 5.56 Å². The van der Waals surface area contributed by atoms with Crippen LogP contribution in [-0.2, 0) is 6.61 Å². The Morgan fingerprint density at radius 1 is 0.960 bits per heavy atom. The summed E-state index contributed by atoms with van der Waals surface area (Å²) >= 11 is 11.9. The molecule has 0 saturated carbocycles. The van der Waals surface area contributed by atoms with Gasteiger partial charge in [-0.05, 0) is 36.4 Å². The molecule has 1 heterocycles. The van der Waals surface area contributed by atoms with Crippen LogP contribution in [0.2, 0.25) is 10.0 Å². The first-order chi connectivity index (χ1) is 12.1. The average Bonchev–Trinajstić information content (AvgIpc) is 3.07. The van der Waals surface area contributed by atoms with Gasteiger partial charge in [0.1, 0.15) is 5.75 Å². The van der Waals surface area contributed by atoms with E-state index in [2.05, 4.69) is 10.1 Å². The Morgan fingerprint density at radius 2 is 1.68 bits per heavy atom. The van der Waals surface area contributed by atoms with Crippen molar-refractivity contribution in [2.45, 2.75) is 6.61 Å². The number of methoxy groups -OCH3 is 2. The predicted octanol–water partition coefficient (Wildman–Crippen LogP) is 4.64. The Labute approximate surface area is 154 Å². The summed E-state index contributed by atoms with van der Waals surface area (Å²) in [6.07, 6.45) is 0. The molecule has 0 amide bonds. The molecule has 0 spiro atoms. The summed E-state index contributed by atoms with van der Waals surface area (Å²) in [4.78, 5) is 4.31. The second-order valence-electron chi connectivity index (χ2n) is 4.98. The fourth-order valence-corrected chi connectivity index (χ4v) is 2.67. The fourth-order valence-electron chi connectivity index (χ4n) is 2.16. The highest BCUT2D eigenvalue weighted by Gasteiger charge is 2.12. The topological polar surface area (TPSA) is 66.6 Å². The van der Waals surface area contributed by atoms with Gasteiger partial charge in [-0.15, -0.1) is 0 Å². The van der Waals surface area contributed by atoms with E-state index in [1.54, 1.807) is 44.6 Å². The Balaban J connectivity index is 1.74. The number of aromatic nitrogens is 2. The number of rotatable bonds is 6. The van der Waals surface area contributed by atoms with Crippen molar-refractivity contribution >= 4 is 23.2 Å². The molecule has 6 nitrogen and oxygen atoms in total. The van der Waals surface area contributed by atoms with Gasteiger partial charge in [0.05, 0.1) is 14.2 Å². The van der Waals surface area contributed by atoms with Crippen molar-refractivity contribution in [3.05, 3.63) is 52.3 Å². The highest BCUT2D eigenvalue weighted by atomic mass is 35.5. The van der Waals surface area contributed by atoms with E-state index in [0.29, 0.717) is 39.0 Å². The molecule has 2 aromatic carbocycles. The lowest BCUT2D eigenvalue weighted by Gasteiger charge is -2.07. The predicted molar refractivity (Wildman–Crippen MR) is 93.6 cm³/mol. The van der Waals surface area contributed by atoms with E-state index >= 15 is 0 Å². The van der Waals surface area contributed by atoms with Crippen molar-refractivity contribution in [2.24, 2.45) is 0 Å². The second-order valence-corrected chi connectivity index (χ2v) is 5.85. The molecule has 0 atom stereocenters. The summed E-state index contributed by atoms with van der Waals surface area (Å²) in [6.45, 7) is 0.0942. The van der Waals surface area contributed by atoms with Crippen molar-refractivity contribution in [1.82, 2.24) is 10.1 Å². The van der Waals surface area contributed by atoms with E-state index in [4.69, 9.17) is 41.9 Å². The smallest absolute Gasteiger partial charge is 0.264 e. The summed E-state index contributed by atoms with van der Waals surface area (Å²) in [7, 11) is 3.14. The maximum absolute atomic E-state index is 5.93. The van der Waals surface area contributed by atoms with Crippen LogP contribution in [0.3, 0.4) is 0 Å². The van der Waals surface area contributed by atoms with Gasteiger partial charge in [-0.25, -0.2) is 0 Å². The molecule has 0 bridgehead atoms. The molecule has 0 aliphatic rings. The minimum Gasteiger partial charge on any atom is -0.493 e. The van der Waals surface area contributed by atoms with Crippen molar-refractivity contribution in [2.75, 3.05) is 14.2 Å². The summed E-state index contributed by atoms with van der Waals surface area (Å²) < 4.78 is 21.3. The van der Waals surface area contributed by atoms with Crippen molar-refractivity contribution < 1.29 is 18.7 Å². The van der Waals surface area contributed by atoms with Crippen LogP contribution in [0.1, 0.15) is 5.89 Å². The molecule has 0 radical (unpaired) electrons. The van der Waals surface area contributed by atoms with Crippen LogP contribution < -0.4 is 14.2 Å². The molecule has 3 rings (SSSR count). The zero-order chi connectivity index (χ0) is 17.8. The fraction of sp³-hybridized carbons (Fsp3) is 0.176. The number of benzene rings is 2. The van der Waals surface area contributed by atoms with Gasteiger partial charge in [-0.2, -0.15) is 4.98 Å². The average molecular weight is 381 g/mol. The number of hydrogen-bond donors (Lipinski definition) is 0. The first-order valence-corrected chi connectivity index (χ1v) is 7.98. The number of hydrogen-bond acceptors (Lipinski definition) is 6. The second kappa shape index (κ2) is 7.63. The van der Waals surface area contributed by atoms with Crippen molar-refractivity contribution in [3.63, 3.8) is 0 Å². The van der Waals surface area contributed by atoms with Gasteiger partial charge < -0.3 is 18.7 Å². The van der Waals surface area contributed by atoms with Gasteiger partial charge in [0, 0.05) is 15.6 Å². The first-order valence-electron chi connectivity index (χ1n) is 7.23. The highest BCUT2D eigenvalue weighted by molar-refractivity contribution is 6.34. The Morgan fingerprint density at radius 3 is 2.36 bits per heavy atom. The summed E-state index contributed by atoms with van der Waals surface area (Å²) in [5.41, 5.74) is 0.735. The summed E-state index contributed by atoms with van der Waals surface area (Å²) in [5.74, 6) is 2.46. The molecule has 0 unspecified atom stereocenters. The lowest BCUT2D eigenvalue weighted by Crippen LogP contribution is -1.96. The standard InChI is InChI=1S/C17H14Cl2N2O4/c1-22-14-4-3-10(5-15(14)23-2)17-20-16(25-21-17)9-24-13-7-11(18)6-12(19)8-13/h3-8H,9H2,1-2H3. The number of nitrogens with zero attached hydrogens (tertiary/aromatic N) is 2. The van der Waals surface area contributed by atoms with Gasteiger partial charge in [-0.3, -0.25) is 0 Å². The zero-order valence-electron chi connectivity index (χ0n) is 13.5. The Bertz CT molecular complexity index is 863. The van der Waals surface area contributed by atoms with Crippen LogP contribution in [0, 0.1) is 0 Å². The van der Waals surface area contributed by atoms with Gasteiger partial charge in [0.2, 0.25) is 5.82 Å². The highest BCUT2D eigenvalue weighted by Crippen LogP contribution is 2.31. The third-order valence-electron chi connectivity index (χ3n) is 3.31. The Kier molecular flexibility index (Phi) is 5.31. The monoisotopic (exact) mass is 380 g/mol. The van der Waals surface area contributed by atoms with Gasteiger partial charge in [-0.1, -0.05) is 28.4 Å². The van der Waals surface area contributed by atoms with Crippen molar-refractivity contribution in [1.29, 1.82) is 0 Å². The van der Waals surface area contributed by atoms with Crippen LogP contribution >= 0.6 is 23.2 Å². The molecule has 3 aromatic rings. The largest absolute Gasteiger partial charge is 0.493 e. The third-order valence-corrected chi connectivity index (χ3v) is 3.74. The maximum atomic E-state index is 5.93. The molecule has 1 aromatic heterocycles. The van der Waals surface area contributed by atoms with Gasteiger partial charge >= 0.3 is 0 Å². The quantitative estimate of drug-likeness (QED) is 0.620. The lowest BCUT2D eigenvalue weighted by atomic mass is 10.2. The van der Waals surface area contributed by atoms with E-state index in [1.807, 2.05) is 6.07 Å². The summed E-state index contributed by atoms with van der Waals surface area (Å²) in [5, 5.41) is 4.92. The molecular weight excluding hydrogens is 367 g/mol.